The standard InChI is InChI=1S/C28H34N4O2/c1-3-28(12-17-31(18-13-28)27(33)32-19-15-29-16-20-32)34-24-9-6-22(7-10-24)25-11-8-23-5-4-14-30-26(23)21(25)2/h4-11,14,29H,3,12-13,15-20H2,1-2H3. The van der Waals surface area contributed by atoms with E-state index in [1.54, 1.807) is 0 Å². The average molecular weight is 459 g/mol. The monoisotopic (exact) mass is 458 g/mol. The number of rotatable bonds is 4. The van der Waals surface area contributed by atoms with Crippen LogP contribution < -0.4 is 10.1 Å². The number of likely N-dealkylation sites (tertiary alicyclic amines) is 1. The highest BCUT2D eigenvalue weighted by atomic mass is 16.5. The van der Waals surface area contributed by atoms with Crippen molar-refractivity contribution in [3.05, 3.63) is 60.3 Å². The lowest BCUT2D eigenvalue weighted by molar-refractivity contribution is 0.00372. The number of nitrogens with one attached hydrogen (secondary N) is 1. The minimum Gasteiger partial charge on any atom is -0.487 e. The number of carbonyl (C=O) groups excluding carboxylic acids is 1. The Balaban J connectivity index is 1.26. The van der Waals surface area contributed by atoms with Crippen LogP contribution in [-0.4, -0.2) is 65.7 Å². The summed E-state index contributed by atoms with van der Waals surface area (Å²) in [6, 6.07) is 17.0. The molecule has 2 fully saturated rings. The van der Waals surface area contributed by atoms with Gasteiger partial charge in [0.25, 0.3) is 0 Å². The summed E-state index contributed by atoms with van der Waals surface area (Å²) >= 11 is 0. The Bertz CT molecular complexity index is 1150. The number of piperidine rings is 1. The second-order valence-corrected chi connectivity index (χ2v) is 9.48. The molecule has 2 aliphatic rings. The average Bonchev–Trinajstić information content (AvgIpc) is 2.90. The molecule has 1 aromatic heterocycles. The van der Waals surface area contributed by atoms with Crippen LogP contribution in [0.2, 0.25) is 0 Å². The van der Waals surface area contributed by atoms with Gasteiger partial charge < -0.3 is 19.9 Å². The van der Waals surface area contributed by atoms with E-state index in [0.717, 1.165) is 75.2 Å². The number of benzene rings is 2. The number of amides is 2. The Hall–Kier alpha value is -3.12. The predicted octanol–water partition coefficient (Wildman–Crippen LogP) is 4.86. The number of fused-ring (bicyclic) bond motifs is 1. The zero-order valence-electron chi connectivity index (χ0n) is 20.2. The molecule has 0 bridgehead atoms. The van der Waals surface area contributed by atoms with E-state index in [4.69, 9.17) is 4.74 Å². The van der Waals surface area contributed by atoms with Crippen molar-refractivity contribution in [1.82, 2.24) is 20.1 Å². The van der Waals surface area contributed by atoms with Gasteiger partial charge in [0, 0.05) is 63.7 Å². The predicted molar refractivity (Wildman–Crippen MR) is 136 cm³/mol. The molecule has 2 saturated heterocycles. The quantitative estimate of drug-likeness (QED) is 0.607. The molecule has 0 saturated carbocycles. The molecule has 0 radical (unpaired) electrons. The zero-order chi connectivity index (χ0) is 23.5. The van der Waals surface area contributed by atoms with Gasteiger partial charge in [-0.1, -0.05) is 37.3 Å². The van der Waals surface area contributed by atoms with E-state index in [-0.39, 0.29) is 11.6 Å². The van der Waals surface area contributed by atoms with Crippen molar-refractivity contribution in [2.75, 3.05) is 39.3 Å². The molecule has 6 heteroatoms. The molecule has 34 heavy (non-hydrogen) atoms. The summed E-state index contributed by atoms with van der Waals surface area (Å²) in [6.07, 6.45) is 4.50. The lowest BCUT2D eigenvalue weighted by atomic mass is 9.88. The minimum atomic E-state index is -0.218. The smallest absolute Gasteiger partial charge is 0.320 e. The summed E-state index contributed by atoms with van der Waals surface area (Å²) in [7, 11) is 0. The summed E-state index contributed by atoms with van der Waals surface area (Å²) in [5, 5.41) is 4.47. The van der Waals surface area contributed by atoms with Crippen molar-refractivity contribution >= 4 is 16.9 Å². The van der Waals surface area contributed by atoms with Gasteiger partial charge in [0.05, 0.1) is 5.52 Å². The van der Waals surface area contributed by atoms with Gasteiger partial charge in [0.1, 0.15) is 11.4 Å². The Morgan fingerprint density at radius 3 is 2.41 bits per heavy atom. The van der Waals surface area contributed by atoms with Gasteiger partial charge in [-0.05, 0) is 48.2 Å². The van der Waals surface area contributed by atoms with Crippen molar-refractivity contribution in [3.63, 3.8) is 0 Å². The molecule has 6 nitrogen and oxygen atoms in total. The molecule has 1 N–H and O–H groups in total. The fourth-order valence-corrected chi connectivity index (χ4v) is 5.25. The summed E-state index contributed by atoms with van der Waals surface area (Å²) in [4.78, 5) is 21.4. The first-order valence-corrected chi connectivity index (χ1v) is 12.5. The second-order valence-electron chi connectivity index (χ2n) is 9.48. The van der Waals surface area contributed by atoms with Crippen LogP contribution in [0.1, 0.15) is 31.7 Å². The third-order valence-electron chi connectivity index (χ3n) is 7.50. The van der Waals surface area contributed by atoms with E-state index in [1.165, 1.54) is 16.7 Å². The number of pyridine rings is 1. The van der Waals surface area contributed by atoms with Crippen LogP contribution in [0.15, 0.2) is 54.7 Å². The molecule has 2 amide bonds. The normalized spacial score (nSPS) is 18.2. The van der Waals surface area contributed by atoms with Crippen molar-refractivity contribution in [1.29, 1.82) is 0 Å². The summed E-state index contributed by atoms with van der Waals surface area (Å²) in [5.74, 6) is 0.893. The van der Waals surface area contributed by atoms with Crippen molar-refractivity contribution in [2.24, 2.45) is 0 Å². The maximum Gasteiger partial charge on any atom is 0.320 e. The van der Waals surface area contributed by atoms with Gasteiger partial charge in [-0.25, -0.2) is 4.79 Å². The highest BCUT2D eigenvalue weighted by molar-refractivity contribution is 5.88. The van der Waals surface area contributed by atoms with Gasteiger partial charge in [-0.15, -0.1) is 0 Å². The van der Waals surface area contributed by atoms with Gasteiger partial charge in [0.2, 0.25) is 0 Å². The summed E-state index contributed by atoms with van der Waals surface area (Å²) in [6.45, 7) is 9.17. The van der Waals surface area contributed by atoms with Crippen molar-refractivity contribution in [2.45, 2.75) is 38.7 Å². The second kappa shape index (κ2) is 9.63. The molecule has 178 valence electrons. The Morgan fingerprint density at radius 1 is 1.00 bits per heavy atom. The SMILES string of the molecule is CCC1(Oc2ccc(-c3ccc4cccnc4c3C)cc2)CCN(C(=O)N2CCNCC2)CC1. The fraction of sp³-hybridized carbons (Fsp3) is 0.429. The molecule has 0 aliphatic carbocycles. The molecular weight excluding hydrogens is 424 g/mol. The highest BCUT2D eigenvalue weighted by Crippen LogP contribution is 2.34. The number of nitrogens with zero attached hydrogens (tertiary/aromatic N) is 3. The number of hydrogen-bond donors (Lipinski definition) is 1. The van der Waals surface area contributed by atoms with E-state index >= 15 is 0 Å². The Morgan fingerprint density at radius 2 is 1.71 bits per heavy atom. The van der Waals surface area contributed by atoms with Crippen LogP contribution >= 0.6 is 0 Å². The van der Waals surface area contributed by atoms with Crippen LogP contribution in [0.25, 0.3) is 22.0 Å². The van der Waals surface area contributed by atoms with E-state index < -0.39 is 0 Å². The van der Waals surface area contributed by atoms with Crippen molar-refractivity contribution < 1.29 is 9.53 Å². The third kappa shape index (κ3) is 4.47. The maximum atomic E-state index is 12.9. The largest absolute Gasteiger partial charge is 0.487 e. The summed E-state index contributed by atoms with van der Waals surface area (Å²) < 4.78 is 6.58. The number of piperazine rings is 1. The molecular formula is C28H34N4O2. The first kappa shape index (κ1) is 22.7. The van der Waals surface area contributed by atoms with Gasteiger partial charge in [-0.2, -0.15) is 0 Å². The molecule has 0 atom stereocenters. The fourth-order valence-electron chi connectivity index (χ4n) is 5.25. The van der Waals surface area contributed by atoms with Gasteiger partial charge in [-0.3, -0.25) is 4.98 Å². The first-order chi connectivity index (χ1) is 16.6. The summed E-state index contributed by atoms with van der Waals surface area (Å²) in [5.41, 5.74) is 4.39. The van der Waals surface area contributed by atoms with E-state index in [1.807, 2.05) is 22.1 Å². The first-order valence-electron chi connectivity index (χ1n) is 12.5. The lowest BCUT2D eigenvalue weighted by Gasteiger charge is -2.43. The van der Waals surface area contributed by atoms with Crippen LogP contribution in [0, 0.1) is 6.92 Å². The Labute approximate surface area is 201 Å². The number of ether oxygens (including phenoxy) is 1. The third-order valence-corrected chi connectivity index (χ3v) is 7.50. The Kier molecular flexibility index (Phi) is 6.42. The molecule has 3 aromatic rings. The highest BCUT2D eigenvalue weighted by Gasteiger charge is 2.37. The van der Waals surface area contributed by atoms with E-state index in [0.29, 0.717) is 0 Å². The molecule has 0 unspecified atom stereocenters. The number of aromatic nitrogens is 1. The minimum absolute atomic E-state index is 0.177. The topological polar surface area (TPSA) is 57.7 Å². The van der Waals surface area contributed by atoms with Crippen molar-refractivity contribution in [3.8, 4) is 16.9 Å². The van der Waals surface area contributed by atoms with Crippen LogP contribution in [0.5, 0.6) is 5.75 Å². The molecule has 0 spiro atoms. The van der Waals surface area contributed by atoms with Gasteiger partial charge in [0.15, 0.2) is 0 Å². The van der Waals surface area contributed by atoms with Crippen LogP contribution in [0.3, 0.4) is 0 Å². The van der Waals surface area contributed by atoms with Crippen LogP contribution in [-0.2, 0) is 0 Å². The van der Waals surface area contributed by atoms with Gasteiger partial charge >= 0.3 is 6.03 Å². The number of aryl methyl sites for hydroxylation is 1. The molecule has 2 aromatic carbocycles. The van der Waals surface area contributed by atoms with Crippen LogP contribution in [0.4, 0.5) is 4.79 Å². The molecule has 5 rings (SSSR count). The lowest BCUT2D eigenvalue weighted by Crippen LogP contribution is -2.56. The molecule has 2 aliphatic heterocycles. The van der Waals surface area contributed by atoms with E-state index in [2.05, 4.69) is 66.6 Å². The number of carbonyl (C=O) groups is 1. The molecule has 3 heterocycles. The number of hydrogen-bond acceptors (Lipinski definition) is 4. The zero-order valence-corrected chi connectivity index (χ0v) is 20.2. The maximum absolute atomic E-state index is 12.9. The van der Waals surface area contributed by atoms with E-state index in [9.17, 15) is 4.79 Å². The number of urea groups is 1.